The van der Waals surface area contributed by atoms with Gasteiger partial charge >= 0.3 is 0 Å². The topological polar surface area (TPSA) is 77.7 Å². The first-order chi connectivity index (χ1) is 14.5. The Balaban J connectivity index is 1.68. The van der Waals surface area contributed by atoms with Gasteiger partial charge in [0, 0.05) is 6.04 Å². The minimum atomic E-state index is -0.200. The molecule has 0 aliphatic rings. The molecule has 0 aliphatic heterocycles. The molecule has 0 saturated carbocycles. The number of amides is 1. The van der Waals surface area contributed by atoms with Crippen LogP contribution in [0.2, 0.25) is 5.02 Å². The van der Waals surface area contributed by atoms with Gasteiger partial charge in [-0.05, 0) is 45.0 Å². The molecule has 0 aliphatic carbocycles. The van der Waals surface area contributed by atoms with Crippen LogP contribution in [0, 0.1) is 0 Å². The summed E-state index contributed by atoms with van der Waals surface area (Å²) in [6, 6.07) is 14.4. The molecule has 1 aromatic heterocycles. The summed E-state index contributed by atoms with van der Waals surface area (Å²) in [6.07, 6.45) is 0. The number of carbonyl (C=O) groups is 1. The number of benzene rings is 2. The third kappa shape index (κ3) is 5.30. The zero-order valence-corrected chi connectivity index (χ0v) is 17.9. The second kappa shape index (κ2) is 10.1. The van der Waals surface area contributed by atoms with Crippen molar-refractivity contribution in [3.05, 3.63) is 59.4 Å². The number of hydrogen-bond donors (Lipinski definition) is 0. The highest BCUT2D eigenvalue weighted by atomic mass is 35.5. The number of nitrogens with zero attached hydrogens (tertiary/aromatic N) is 3. The highest BCUT2D eigenvalue weighted by Crippen LogP contribution is 2.27. The second-order valence-corrected chi connectivity index (χ2v) is 7.17. The van der Waals surface area contributed by atoms with Gasteiger partial charge in [0.25, 0.3) is 5.91 Å². The van der Waals surface area contributed by atoms with Crippen molar-refractivity contribution in [3.8, 4) is 23.0 Å². The lowest BCUT2D eigenvalue weighted by Gasteiger charge is -2.25. The molecule has 0 N–H and O–H groups in total. The van der Waals surface area contributed by atoms with Gasteiger partial charge in [0.05, 0.1) is 23.7 Å². The lowest BCUT2D eigenvalue weighted by Crippen LogP contribution is -2.39. The molecule has 0 bridgehead atoms. The number of carbonyl (C=O) groups excluding carboxylic acids is 1. The van der Waals surface area contributed by atoms with E-state index in [1.807, 2.05) is 45.0 Å². The predicted octanol–water partition coefficient (Wildman–Crippen LogP) is 4.60. The summed E-state index contributed by atoms with van der Waals surface area (Å²) in [5.41, 5.74) is 0.649. The van der Waals surface area contributed by atoms with E-state index in [1.165, 1.54) is 0 Å². The third-order valence-corrected chi connectivity index (χ3v) is 4.65. The quantitative estimate of drug-likeness (QED) is 0.494. The van der Waals surface area contributed by atoms with Crippen molar-refractivity contribution in [2.75, 3.05) is 13.2 Å². The first-order valence-electron chi connectivity index (χ1n) is 9.71. The van der Waals surface area contributed by atoms with Crippen molar-refractivity contribution >= 4 is 17.5 Å². The van der Waals surface area contributed by atoms with Crippen LogP contribution in [0.25, 0.3) is 11.5 Å². The van der Waals surface area contributed by atoms with Crippen LogP contribution in [-0.4, -0.2) is 40.3 Å². The lowest BCUT2D eigenvalue weighted by atomic mass is 10.2. The van der Waals surface area contributed by atoms with Crippen molar-refractivity contribution in [1.82, 2.24) is 15.1 Å². The highest BCUT2D eigenvalue weighted by molar-refractivity contribution is 6.33. The van der Waals surface area contributed by atoms with Crippen molar-refractivity contribution in [1.29, 1.82) is 0 Å². The number of aromatic nitrogens is 2. The van der Waals surface area contributed by atoms with E-state index in [0.29, 0.717) is 40.5 Å². The average molecular weight is 430 g/mol. The Morgan fingerprint density at radius 1 is 1.07 bits per heavy atom. The van der Waals surface area contributed by atoms with Gasteiger partial charge in [-0.3, -0.25) is 4.79 Å². The normalized spacial score (nSPS) is 10.8. The lowest BCUT2D eigenvalue weighted by molar-refractivity contribution is -0.136. The highest BCUT2D eigenvalue weighted by Gasteiger charge is 2.22. The summed E-state index contributed by atoms with van der Waals surface area (Å²) in [6.45, 7) is 6.27. The van der Waals surface area contributed by atoms with Gasteiger partial charge in [0.15, 0.2) is 18.1 Å². The number of ether oxygens (including phenoxy) is 2. The van der Waals surface area contributed by atoms with Gasteiger partial charge < -0.3 is 18.8 Å². The molecule has 158 valence electrons. The molecule has 3 aromatic rings. The third-order valence-electron chi connectivity index (χ3n) is 4.32. The minimum Gasteiger partial charge on any atom is -0.490 e. The Bertz CT molecular complexity index is 990. The summed E-state index contributed by atoms with van der Waals surface area (Å²) in [4.78, 5) is 14.4. The Hall–Kier alpha value is -3.06. The van der Waals surface area contributed by atoms with Crippen LogP contribution in [0.3, 0.4) is 0 Å². The van der Waals surface area contributed by atoms with Gasteiger partial charge in [-0.2, -0.15) is 0 Å². The van der Waals surface area contributed by atoms with Gasteiger partial charge in [0.2, 0.25) is 11.8 Å². The van der Waals surface area contributed by atoms with Gasteiger partial charge in [0.1, 0.15) is 0 Å². The van der Waals surface area contributed by atoms with Crippen LogP contribution in [0.4, 0.5) is 0 Å². The zero-order valence-electron chi connectivity index (χ0n) is 17.2. The van der Waals surface area contributed by atoms with E-state index < -0.39 is 0 Å². The summed E-state index contributed by atoms with van der Waals surface area (Å²) in [7, 11) is 0. The molecule has 0 fully saturated rings. The van der Waals surface area contributed by atoms with Gasteiger partial charge in [-0.15, -0.1) is 10.2 Å². The fourth-order valence-corrected chi connectivity index (χ4v) is 3.05. The Labute approximate surface area is 180 Å². The maximum absolute atomic E-state index is 12.8. The zero-order chi connectivity index (χ0) is 21.5. The first kappa shape index (κ1) is 21.6. The summed E-state index contributed by atoms with van der Waals surface area (Å²) in [5, 5.41) is 8.64. The molecule has 0 radical (unpaired) electrons. The fourth-order valence-electron chi connectivity index (χ4n) is 2.83. The molecular weight excluding hydrogens is 406 g/mol. The van der Waals surface area contributed by atoms with Gasteiger partial charge in [-0.1, -0.05) is 35.9 Å². The van der Waals surface area contributed by atoms with Crippen molar-refractivity contribution in [3.63, 3.8) is 0 Å². The minimum absolute atomic E-state index is 0.0844. The van der Waals surface area contributed by atoms with Crippen LogP contribution < -0.4 is 9.47 Å². The maximum Gasteiger partial charge on any atom is 0.261 e. The smallest absolute Gasteiger partial charge is 0.261 e. The molecule has 0 spiro atoms. The van der Waals surface area contributed by atoms with Crippen LogP contribution >= 0.6 is 11.6 Å². The van der Waals surface area contributed by atoms with E-state index >= 15 is 0 Å². The molecule has 0 unspecified atom stereocenters. The van der Waals surface area contributed by atoms with E-state index in [0.717, 1.165) is 0 Å². The fraction of sp³-hybridized carbons (Fsp3) is 0.318. The molecule has 1 amide bonds. The summed E-state index contributed by atoms with van der Waals surface area (Å²) >= 11 is 6.19. The van der Waals surface area contributed by atoms with E-state index in [9.17, 15) is 4.79 Å². The van der Waals surface area contributed by atoms with Crippen molar-refractivity contribution in [2.24, 2.45) is 0 Å². The number of halogens is 1. The van der Waals surface area contributed by atoms with E-state index in [-0.39, 0.29) is 25.1 Å². The largest absolute Gasteiger partial charge is 0.490 e. The van der Waals surface area contributed by atoms with Crippen LogP contribution in [-0.2, 0) is 11.3 Å². The standard InChI is InChI=1S/C22H24ClN3O4/c1-4-28-18-11-7-8-12-19(18)29-14-21(27)26(15(2)3)13-20-24-25-22(30-20)16-9-5-6-10-17(16)23/h5-12,15H,4,13-14H2,1-3H3. The molecule has 0 saturated heterocycles. The van der Waals surface area contributed by atoms with E-state index in [4.69, 9.17) is 25.5 Å². The second-order valence-electron chi connectivity index (χ2n) is 6.76. The van der Waals surface area contributed by atoms with Crippen LogP contribution in [0.5, 0.6) is 11.5 Å². The average Bonchev–Trinajstić information content (AvgIpc) is 3.20. The summed E-state index contributed by atoms with van der Waals surface area (Å²) < 4.78 is 17.0. The molecular formula is C22H24ClN3O4. The predicted molar refractivity (Wildman–Crippen MR) is 114 cm³/mol. The SMILES string of the molecule is CCOc1ccccc1OCC(=O)N(Cc1nnc(-c2ccccc2Cl)o1)C(C)C. The number of hydrogen-bond acceptors (Lipinski definition) is 6. The monoisotopic (exact) mass is 429 g/mol. The molecule has 30 heavy (non-hydrogen) atoms. The number of para-hydroxylation sites is 2. The maximum atomic E-state index is 12.8. The molecule has 7 nitrogen and oxygen atoms in total. The van der Waals surface area contributed by atoms with Gasteiger partial charge in [-0.25, -0.2) is 0 Å². The molecule has 3 rings (SSSR count). The Kier molecular flexibility index (Phi) is 7.30. The number of rotatable bonds is 9. The van der Waals surface area contributed by atoms with Crippen LogP contribution in [0.15, 0.2) is 52.9 Å². The van der Waals surface area contributed by atoms with E-state index in [1.54, 1.807) is 29.2 Å². The van der Waals surface area contributed by atoms with Crippen molar-refractivity contribution in [2.45, 2.75) is 33.4 Å². The Morgan fingerprint density at radius 3 is 2.40 bits per heavy atom. The molecule has 2 aromatic carbocycles. The van der Waals surface area contributed by atoms with E-state index in [2.05, 4.69) is 10.2 Å². The Morgan fingerprint density at radius 2 is 1.73 bits per heavy atom. The molecule has 8 heteroatoms. The first-order valence-corrected chi connectivity index (χ1v) is 10.1. The summed E-state index contributed by atoms with van der Waals surface area (Å²) in [5.74, 6) is 1.56. The van der Waals surface area contributed by atoms with Crippen LogP contribution in [0.1, 0.15) is 26.7 Å². The van der Waals surface area contributed by atoms with Crippen molar-refractivity contribution < 1.29 is 18.7 Å². The molecule has 0 atom stereocenters. The molecule has 1 heterocycles.